The Bertz CT molecular complexity index is 143. The first-order valence-electron chi connectivity index (χ1n) is 3.17. The highest BCUT2D eigenvalue weighted by Crippen LogP contribution is 2.20. The quantitative estimate of drug-likeness (QED) is 0.525. The number of hydrogen-bond acceptors (Lipinski definition) is 3. The molecule has 1 atom stereocenters. The molecule has 58 valence electrons. The van der Waals surface area contributed by atoms with Gasteiger partial charge in [-0.3, -0.25) is 0 Å². The van der Waals surface area contributed by atoms with Crippen LogP contribution in [0.15, 0.2) is 0 Å². The van der Waals surface area contributed by atoms with Gasteiger partial charge in [-0.1, -0.05) is 0 Å². The topological polar surface area (TPSA) is 38.3 Å². The van der Waals surface area contributed by atoms with Crippen LogP contribution in [-0.4, -0.2) is 31.8 Å². The van der Waals surface area contributed by atoms with E-state index in [-0.39, 0.29) is 13.0 Å². The first kappa shape index (κ1) is 7.47. The SMILES string of the molecule is COC(=O)[C@@]1(F)CCNC1. The second-order valence-electron chi connectivity index (χ2n) is 2.38. The largest absolute Gasteiger partial charge is 0.467 e. The molecule has 1 heterocycles. The van der Waals surface area contributed by atoms with Crippen LogP contribution < -0.4 is 5.32 Å². The molecule has 4 heteroatoms. The minimum absolute atomic E-state index is 0.0830. The van der Waals surface area contributed by atoms with E-state index in [2.05, 4.69) is 10.1 Å². The van der Waals surface area contributed by atoms with Crippen LogP contribution in [-0.2, 0) is 9.53 Å². The van der Waals surface area contributed by atoms with Crippen LogP contribution >= 0.6 is 0 Å². The molecule has 3 nitrogen and oxygen atoms in total. The summed E-state index contributed by atoms with van der Waals surface area (Å²) in [7, 11) is 1.20. The minimum Gasteiger partial charge on any atom is -0.467 e. The Morgan fingerprint density at radius 3 is 2.90 bits per heavy atom. The lowest BCUT2D eigenvalue weighted by atomic mass is 10.1. The van der Waals surface area contributed by atoms with Crippen molar-refractivity contribution in [2.45, 2.75) is 12.1 Å². The van der Waals surface area contributed by atoms with E-state index in [0.717, 1.165) is 0 Å². The lowest BCUT2D eigenvalue weighted by molar-refractivity contribution is -0.153. The highest BCUT2D eigenvalue weighted by atomic mass is 19.1. The lowest BCUT2D eigenvalue weighted by Crippen LogP contribution is -2.36. The van der Waals surface area contributed by atoms with Crippen molar-refractivity contribution < 1.29 is 13.9 Å². The van der Waals surface area contributed by atoms with Crippen LogP contribution in [0.5, 0.6) is 0 Å². The van der Waals surface area contributed by atoms with Gasteiger partial charge in [-0.2, -0.15) is 0 Å². The molecular weight excluding hydrogens is 137 g/mol. The standard InChI is InChI=1S/C6H10FNO2/c1-10-5(9)6(7)2-3-8-4-6/h8H,2-4H2,1H3/t6-/m1/s1. The Balaban J connectivity index is 2.58. The van der Waals surface area contributed by atoms with Crippen molar-refractivity contribution in [3.8, 4) is 0 Å². The first-order valence-corrected chi connectivity index (χ1v) is 3.17. The molecular formula is C6H10FNO2. The van der Waals surface area contributed by atoms with Gasteiger partial charge in [0.15, 0.2) is 0 Å². The predicted octanol–water partition coefficient (Wildman–Crippen LogP) is -0.139. The summed E-state index contributed by atoms with van der Waals surface area (Å²) in [5.74, 6) is -0.766. The van der Waals surface area contributed by atoms with Crippen LogP contribution in [0.2, 0.25) is 0 Å². The maximum Gasteiger partial charge on any atom is 0.345 e. The van der Waals surface area contributed by atoms with Crippen molar-refractivity contribution in [3.05, 3.63) is 0 Å². The fourth-order valence-corrected chi connectivity index (χ4v) is 1.02. The fourth-order valence-electron chi connectivity index (χ4n) is 1.02. The summed E-state index contributed by atoms with van der Waals surface area (Å²) < 4.78 is 17.5. The molecule has 1 saturated heterocycles. The van der Waals surface area contributed by atoms with Crippen LogP contribution in [0.1, 0.15) is 6.42 Å². The van der Waals surface area contributed by atoms with Crippen LogP contribution in [0.25, 0.3) is 0 Å². The summed E-state index contributed by atoms with van der Waals surface area (Å²) in [4.78, 5) is 10.7. The molecule has 0 saturated carbocycles. The molecule has 0 radical (unpaired) electrons. The third-order valence-electron chi connectivity index (χ3n) is 1.65. The number of nitrogens with one attached hydrogen (secondary N) is 1. The van der Waals surface area contributed by atoms with E-state index < -0.39 is 11.6 Å². The highest BCUT2D eigenvalue weighted by Gasteiger charge is 2.42. The zero-order valence-electron chi connectivity index (χ0n) is 5.82. The summed E-state index contributed by atoms with van der Waals surface area (Å²) in [6.45, 7) is 0.630. The van der Waals surface area contributed by atoms with Crippen molar-refractivity contribution in [1.82, 2.24) is 5.32 Å². The number of methoxy groups -OCH3 is 1. The van der Waals surface area contributed by atoms with E-state index in [0.29, 0.717) is 6.54 Å². The predicted molar refractivity (Wildman–Crippen MR) is 33.3 cm³/mol. The Morgan fingerprint density at radius 1 is 1.80 bits per heavy atom. The van der Waals surface area contributed by atoms with Crippen molar-refractivity contribution in [2.24, 2.45) is 0 Å². The maximum atomic E-state index is 13.2. The molecule has 10 heavy (non-hydrogen) atoms. The van der Waals surface area contributed by atoms with Gasteiger partial charge in [0, 0.05) is 13.0 Å². The van der Waals surface area contributed by atoms with Crippen LogP contribution in [0.3, 0.4) is 0 Å². The van der Waals surface area contributed by atoms with Gasteiger partial charge in [-0.05, 0) is 6.54 Å². The highest BCUT2D eigenvalue weighted by molar-refractivity contribution is 5.80. The molecule has 0 unspecified atom stereocenters. The first-order chi connectivity index (χ1) is 4.69. The monoisotopic (exact) mass is 147 g/mol. The number of rotatable bonds is 1. The van der Waals surface area contributed by atoms with Gasteiger partial charge in [-0.15, -0.1) is 0 Å². The van der Waals surface area contributed by atoms with Gasteiger partial charge in [0.05, 0.1) is 7.11 Å². The van der Waals surface area contributed by atoms with E-state index in [1.165, 1.54) is 7.11 Å². The van der Waals surface area contributed by atoms with E-state index in [1.54, 1.807) is 0 Å². The summed E-state index contributed by atoms with van der Waals surface area (Å²) >= 11 is 0. The third-order valence-corrected chi connectivity index (χ3v) is 1.65. The zero-order chi connectivity index (χ0) is 7.61. The van der Waals surface area contributed by atoms with Gasteiger partial charge >= 0.3 is 5.97 Å². The average Bonchev–Trinajstić information content (AvgIpc) is 2.36. The second kappa shape index (κ2) is 2.54. The molecule has 0 bridgehead atoms. The molecule has 0 spiro atoms. The summed E-state index contributed by atoms with van der Waals surface area (Å²) in [5, 5.41) is 2.75. The second-order valence-corrected chi connectivity index (χ2v) is 2.38. The molecule has 1 N–H and O–H groups in total. The van der Waals surface area contributed by atoms with Gasteiger partial charge < -0.3 is 10.1 Å². The van der Waals surface area contributed by atoms with Crippen LogP contribution in [0, 0.1) is 0 Å². The van der Waals surface area contributed by atoms with Crippen LogP contribution in [0.4, 0.5) is 4.39 Å². The smallest absolute Gasteiger partial charge is 0.345 e. The number of carbonyl (C=O) groups is 1. The Morgan fingerprint density at radius 2 is 2.50 bits per heavy atom. The van der Waals surface area contributed by atoms with E-state index in [4.69, 9.17) is 0 Å². The number of esters is 1. The molecule has 1 fully saturated rings. The Kier molecular flexibility index (Phi) is 1.89. The van der Waals surface area contributed by atoms with E-state index in [1.807, 2.05) is 0 Å². The summed E-state index contributed by atoms with van der Waals surface area (Å²) in [5.41, 5.74) is -1.77. The van der Waals surface area contributed by atoms with Gasteiger partial charge in [0.1, 0.15) is 0 Å². The van der Waals surface area contributed by atoms with Crippen molar-refractivity contribution in [3.63, 3.8) is 0 Å². The fraction of sp³-hybridized carbons (Fsp3) is 0.833. The van der Waals surface area contributed by atoms with Crippen molar-refractivity contribution >= 4 is 5.97 Å². The molecule has 0 aliphatic carbocycles. The number of ether oxygens (including phenoxy) is 1. The minimum atomic E-state index is -1.77. The summed E-state index contributed by atoms with van der Waals surface area (Å²) in [6.07, 6.45) is 0.222. The molecule has 0 aromatic carbocycles. The number of alkyl halides is 1. The van der Waals surface area contributed by atoms with Gasteiger partial charge in [-0.25, -0.2) is 9.18 Å². The van der Waals surface area contributed by atoms with Crippen molar-refractivity contribution in [2.75, 3.05) is 20.2 Å². The molecule has 1 aliphatic rings. The summed E-state index contributed by atoms with van der Waals surface area (Å²) in [6, 6.07) is 0. The van der Waals surface area contributed by atoms with E-state index >= 15 is 0 Å². The third kappa shape index (κ3) is 1.11. The Hall–Kier alpha value is -0.640. The van der Waals surface area contributed by atoms with Gasteiger partial charge in [0.2, 0.25) is 5.67 Å². The van der Waals surface area contributed by atoms with Gasteiger partial charge in [0.25, 0.3) is 0 Å². The average molecular weight is 147 g/mol. The number of hydrogen-bond donors (Lipinski definition) is 1. The maximum absolute atomic E-state index is 13.2. The molecule has 1 aliphatic heterocycles. The Labute approximate surface area is 58.5 Å². The number of halogens is 1. The normalized spacial score (nSPS) is 32.2. The molecule has 0 aromatic heterocycles. The zero-order valence-corrected chi connectivity index (χ0v) is 5.82. The molecule has 0 aromatic rings. The molecule has 0 amide bonds. The molecule has 1 rings (SSSR count). The number of carbonyl (C=O) groups excluding carboxylic acids is 1. The lowest BCUT2D eigenvalue weighted by Gasteiger charge is -2.13. The van der Waals surface area contributed by atoms with Crippen molar-refractivity contribution in [1.29, 1.82) is 0 Å². The van der Waals surface area contributed by atoms with E-state index in [9.17, 15) is 9.18 Å².